The first-order chi connectivity index (χ1) is 5.76. The third-order valence-corrected chi connectivity index (χ3v) is 2.42. The van der Waals surface area contributed by atoms with Gasteiger partial charge in [0.2, 0.25) is 0 Å². The Kier molecular flexibility index (Phi) is 7.51. The van der Waals surface area contributed by atoms with Crippen molar-refractivity contribution in [3.8, 4) is 0 Å². The first-order valence-electron chi connectivity index (χ1n) is 5.20. The largest absolute Gasteiger partial charge is 0.317 e. The summed E-state index contributed by atoms with van der Waals surface area (Å²) in [4.78, 5) is 2.50. The predicted molar refractivity (Wildman–Crippen MR) is 55.5 cm³/mol. The third kappa shape index (κ3) is 4.73. The maximum absolute atomic E-state index is 3.36. The van der Waals surface area contributed by atoms with E-state index in [-0.39, 0.29) is 0 Å². The highest BCUT2D eigenvalue weighted by Gasteiger charge is 2.08. The van der Waals surface area contributed by atoms with Gasteiger partial charge in [-0.05, 0) is 39.5 Å². The number of nitrogens with zero attached hydrogens (tertiary/aromatic N) is 1. The molecule has 0 aliphatic heterocycles. The van der Waals surface area contributed by atoms with Crippen molar-refractivity contribution in [2.75, 3.05) is 26.2 Å². The lowest BCUT2D eigenvalue weighted by molar-refractivity contribution is 0.220. The number of rotatable bonds is 7. The van der Waals surface area contributed by atoms with Crippen LogP contribution in [0.4, 0.5) is 0 Å². The van der Waals surface area contributed by atoms with Crippen molar-refractivity contribution in [2.24, 2.45) is 0 Å². The van der Waals surface area contributed by atoms with Crippen molar-refractivity contribution in [1.82, 2.24) is 10.2 Å². The lowest BCUT2D eigenvalue weighted by atomic mass is 10.2. The van der Waals surface area contributed by atoms with Crippen molar-refractivity contribution in [1.29, 1.82) is 0 Å². The van der Waals surface area contributed by atoms with E-state index >= 15 is 0 Å². The van der Waals surface area contributed by atoms with Gasteiger partial charge in [0.1, 0.15) is 0 Å². The lowest BCUT2D eigenvalue weighted by Gasteiger charge is -2.26. The van der Waals surface area contributed by atoms with Crippen molar-refractivity contribution < 1.29 is 0 Å². The van der Waals surface area contributed by atoms with E-state index in [1.807, 2.05) is 0 Å². The van der Waals surface area contributed by atoms with Crippen LogP contribution >= 0.6 is 0 Å². The molecule has 0 aromatic rings. The Labute approximate surface area is 77.3 Å². The van der Waals surface area contributed by atoms with Crippen LogP contribution in [0.5, 0.6) is 0 Å². The standard InChI is InChI=1S/C10H24N2/c1-5-11-9-8-10(4)12(6-2)7-3/h10-11H,5-9H2,1-4H3. The van der Waals surface area contributed by atoms with Crippen LogP contribution in [0.15, 0.2) is 0 Å². The molecule has 2 heteroatoms. The van der Waals surface area contributed by atoms with E-state index in [1.165, 1.54) is 19.5 Å². The lowest BCUT2D eigenvalue weighted by Crippen LogP contribution is -2.35. The maximum Gasteiger partial charge on any atom is 0.00787 e. The van der Waals surface area contributed by atoms with E-state index in [0.717, 1.165) is 19.1 Å². The Balaban J connectivity index is 3.47. The van der Waals surface area contributed by atoms with Crippen molar-refractivity contribution >= 4 is 0 Å². The van der Waals surface area contributed by atoms with Crippen LogP contribution < -0.4 is 5.32 Å². The van der Waals surface area contributed by atoms with Gasteiger partial charge in [-0.1, -0.05) is 20.8 Å². The van der Waals surface area contributed by atoms with Crippen molar-refractivity contribution in [2.45, 2.75) is 40.2 Å². The predicted octanol–water partition coefficient (Wildman–Crippen LogP) is 1.72. The average Bonchev–Trinajstić information content (AvgIpc) is 2.07. The Morgan fingerprint density at radius 3 is 2.17 bits per heavy atom. The molecular formula is C10H24N2. The van der Waals surface area contributed by atoms with E-state index in [0.29, 0.717) is 0 Å². The summed E-state index contributed by atoms with van der Waals surface area (Å²) in [6, 6.07) is 0.721. The summed E-state index contributed by atoms with van der Waals surface area (Å²) >= 11 is 0. The molecule has 2 nitrogen and oxygen atoms in total. The fourth-order valence-corrected chi connectivity index (χ4v) is 1.52. The summed E-state index contributed by atoms with van der Waals surface area (Å²) < 4.78 is 0. The zero-order chi connectivity index (χ0) is 9.40. The highest BCUT2D eigenvalue weighted by molar-refractivity contribution is 4.65. The molecule has 1 unspecified atom stereocenters. The maximum atomic E-state index is 3.36. The molecule has 0 saturated carbocycles. The SMILES string of the molecule is CCNCCC(C)N(CC)CC. The van der Waals surface area contributed by atoms with Crippen LogP contribution in [0.3, 0.4) is 0 Å². The van der Waals surface area contributed by atoms with Crippen molar-refractivity contribution in [3.63, 3.8) is 0 Å². The van der Waals surface area contributed by atoms with Crippen LogP contribution in [0.1, 0.15) is 34.1 Å². The molecule has 0 spiro atoms. The zero-order valence-electron chi connectivity index (χ0n) is 9.06. The van der Waals surface area contributed by atoms with E-state index in [4.69, 9.17) is 0 Å². The first kappa shape index (κ1) is 11.9. The molecule has 1 N–H and O–H groups in total. The molecule has 0 bridgehead atoms. The summed E-state index contributed by atoms with van der Waals surface area (Å²) in [5.41, 5.74) is 0. The molecule has 1 atom stereocenters. The summed E-state index contributed by atoms with van der Waals surface area (Å²) in [5, 5.41) is 3.36. The quantitative estimate of drug-likeness (QED) is 0.588. The van der Waals surface area contributed by atoms with Gasteiger partial charge >= 0.3 is 0 Å². The summed E-state index contributed by atoms with van der Waals surface area (Å²) in [6.45, 7) is 13.5. The molecule has 0 heterocycles. The molecule has 0 aromatic heterocycles. The molecule has 0 radical (unpaired) electrons. The normalized spacial score (nSPS) is 13.8. The number of hydrogen-bond acceptors (Lipinski definition) is 2. The Morgan fingerprint density at radius 2 is 1.75 bits per heavy atom. The monoisotopic (exact) mass is 172 g/mol. The topological polar surface area (TPSA) is 15.3 Å². The number of hydrogen-bond donors (Lipinski definition) is 1. The summed E-state index contributed by atoms with van der Waals surface area (Å²) in [6.07, 6.45) is 1.26. The fraction of sp³-hybridized carbons (Fsp3) is 1.00. The van der Waals surface area contributed by atoms with Gasteiger partial charge in [0.05, 0.1) is 0 Å². The smallest absolute Gasteiger partial charge is 0.00787 e. The first-order valence-corrected chi connectivity index (χ1v) is 5.20. The molecule has 74 valence electrons. The van der Waals surface area contributed by atoms with E-state index in [2.05, 4.69) is 37.9 Å². The van der Waals surface area contributed by atoms with Crippen LogP contribution in [-0.2, 0) is 0 Å². The van der Waals surface area contributed by atoms with Gasteiger partial charge in [0.25, 0.3) is 0 Å². The van der Waals surface area contributed by atoms with Crippen molar-refractivity contribution in [3.05, 3.63) is 0 Å². The molecule has 0 fully saturated rings. The molecule has 0 saturated heterocycles. The second-order valence-corrected chi connectivity index (χ2v) is 3.21. The highest BCUT2D eigenvalue weighted by atomic mass is 15.1. The van der Waals surface area contributed by atoms with Gasteiger partial charge in [-0.2, -0.15) is 0 Å². The van der Waals surface area contributed by atoms with E-state index in [1.54, 1.807) is 0 Å². The Morgan fingerprint density at radius 1 is 1.17 bits per heavy atom. The average molecular weight is 172 g/mol. The minimum Gasteiger partial charge on any atom is -0.317 e. The second kappa shape index (κ2) is 7.56. The van der Waals surface area contributed by atoms with Gasteiger partial charge in [-0.15, -0.1) is 0 Å². The minimum atomic E-state index is 0.721. The molecule has 0 aliphatic carbocycles. The van der Waals surface area contributed by atoms with Crippen LogP contribution in [-0.4, -0.2) is 37.1 Å². The minimum absolute atomic E-state index is 0.721. The second-order valence-electron chi connectivity index (χ2n) is 3.21. The van der Waals surface area contributed by atoms with Gasteiger partial charge in [-0.25, -0.2) is 0 Å². The Hall–Kier alpha value is -0.0800. The van der Waals surface area contributed by atoms with Gasteiger partial charge in [0, 0.05) is 6.04 Å². The molecule has 12 heavy (non-hydrogen) atoms. The molecule has 0 aliphatic rings. The van der Waals surface area contributed by atoms with Crippen LogP contribution in [0, 0.1) is 0 Å². The molecule has 0 rings (SSSR count). The molecule has 0 aromatic carbocycles. The summed E-state index contributed by atoms with van der Waals surface area (Å²) in [5.74, 6) is 0. The van der Waals surface area contributed by atoms with Gasteiger partial charge < -0.3 is 10.2 Å². The third-order valence-electron chi connectivity index (χ3n) is 2.42. The molecule has 0 amide bonds. The van der Waals surface area contributed by atoms with E-state index in [9.17, 15) is 0 Å². The van der Waals surface area contributed by atoms with Crippen LogP contribution in [0.25, 0.3) is 0 Å². The summed E-state index contributed by atoms with van der Waals surface area (Å²) in [7, 11) is 0. The van der Waals surface area contributed by atoms with Gasteiger partial charge in [0.15, 0.2) is 0 Å². The zero-order valence-corrected chi connectivity index (χ0v) is 9.06. The van der Waals surface area contributed by atoms with Crippen LogP contribution in [0.2, 0.25) is 0 Å². The molecular weight excluding hydrogens is 148 g/mol. The Bertz CT molecular complexity index is 89.8. The number of nitrogens with one attached hydrogen (secondary N) is 1. The fourth-order valence-electron chi connectivity index (χ4n) is 1.52. The van der Waals surface area contributed by atoms with Gasteiger partial charge in [-0.3, -0.25) is 0 Å². The van der Waals surface area contributed by atoms with E-state index < -0.39 is 0 Å². The highest BCUT2D eigenvalue weighted by Crippen LogP contribution is 2.01.